The zero-order chi connectivity index (χ0) is 11.2. The van der Waals surface area contributed by atoms with Crippen molar-refractivity contribution in [3.05, 3.63) is 0 Å². The molecule has 0 radical (unpaired) electrons. The van der Waals surface area contributed by atoms with Crippen molar-refractivity contribution in [2.24, 2.45) is 5.73 Å². The van der Waals surface area contributed by atoms with E-state index in [0.29, 0.717) is 0 Å². The summed E-state index contributed by atoms with van der Waals surface area (Å²) in [6, 6.07) is -0.691. The van der Waals surface area contributed by atoms with Gasteiger partial charge in [-0.1, -0.05) is 0 Å². The fourth-order valence-electron chi connectivity index (χ4n) is 0.680. The van der Waals surface area contributed by atoms with Gasteiger partial charge in [0.25, 0.3) is 10.1 Å². The van der Waals surface area contributed by atoms with Gasteiger partial charge in [0.15, 0.2) is 0 Å². The van der Waals surface area contributed by atoms with Crippen molar-refractivity contribution in [1.82, 2.24) is 5.32 Å². The Balaban J connectivity index is 3.61. The van der Waals surface area contributed by atoms with Gasteiger partial charge in [-0.2, -0.15) is 21.0 Å². The maximum Gasteiger partial charge on any atom is 0.264 e. The molecule has 0 aliphatic carbocycles. The van der Waals surface area contributed by atoms with E-state index in [2.05, 4.69) is 17.9 Å². The van der Waals surface area contributed by atoms with Crippen LogP contribution in [0.3, 0.4) is 0 Å². The average Bonchev–Trinajstić information content (AvgIpc) is 2.09. The summed E-state index contributed by atoms with van der Waals surface area (Å²) in [6.07, 6.45) is 0.157. The molecule has 0 fully saturated rings. The lowest BCUT2D eigenvalue weighted by molar-refractivity contribution is -0.121. The van der Waals surface area contributed by atoms with Gasteiger partial charge in [-0.15, -0.1) is 0 Å². The highest BCUT2D eigenvalue weighted by molar-refractivity contribution is 7.85. The summed E-state index contributed by atoms with van der Waals surface area (Å²) in [5.74, 6) is -0.525. The molecule has 0 aromatic carbocycles. The van der Waals surface area contributed by atoms with Crippen LogP contribution in [0.2, 0.25) is 0 Å². The zero-order valence-electron chi connectivity index (χ0n) is 7.51. The van der Waals surface area contributed by atoms with E-state index in [1.54, 1.807) is 0 Å². The summed E-state index contributed by atoms with van der Waals surface area (Å²) < 4.78 is 28.9. The molecule has 0 unspecified atom stereocenters. The molecule has 84 valence electrons. The third-order valence-corrected chi connectivity index (χ3v) is 2.61. The Kier molecular flexibility index (Phi) is 6.09. The van der Waals surface area contributed by atoms with Gasteiger partial charge in [0.05, 0.1) is 11.8 Å². The van der Waals surface area contributed by atoms with E-state index in [9.17, 15) is 13.2 Å². The fraction of sp³-hybridized carbons (Fsp3) is 0.833. The second-order valence-electron chi connectivity index (χ2n) is 2.72. The van der Waals surface area contributed by atoms with E-state index >= 15 is 0 Å². The topological polar surface area (TPSA) is 109 Å². The summed E-state index contributed by atoms with van der Waals surface area (Å²) in [5.41, 5.74) is 5.33. The number of nitrogens with one attached hydrogen (secondary N) is 1. The molecule has 4 N–H and O–H groups in total. The first-order chi connectivity index (χ1) is 6.37. The Hall–Kier alpha value is -0.310. The summed E-state index contributed by atoms with van der Waals surface area (Å²) >= 11 is 3.82. The van der Waals surface area contributed by atoms with E-state index in [0.717, 1.165) is 0 Å². The Morgan fingerprint density at radius 1 is 1.64 bits per heavy atom. The number of carbonyl (C=O) groups excluding carboxylic acids is 1. The minimum atomic E-state index is -3.95. The second-order valence-corrected chi connectivity index (χ2v) is 4.66. The maximum absolute atomic E-state index is 11.0. The van der Waals surface area contributed by atoms with E-state index < -0.39 is 16.2 Å². The third kappa shape index (κ3) is 7.13. The molecule has 1 amide bonds. The maximum atomic E-state index is 11.0. The van der Waals surface area contributed by atoms with Crippen LogP contribution < -0.4 is 11.1 Å². The Bertz CT molecular complexity index is 278. The molecule has 0 heterocycles. The molecule has 14 heavy (non-hydrogen) atoms. The largest absolute Gasteiger partial charge is 0.355 e. The van der Waals surface area contributed by atoms with Gasteiger partial charge in [0, 0.05) is 12.3 Å². The van der Waals surface area contributed by atoms with Crippen LogP contribution in [0.5, 0.6) is 0 Å². The van der Waals surface area contributed by atoms with Gasteiger partial charge in [0.1, 0.15) is 0 Å². The van der Waals surface area contributed by atoms with Gasteiger partial charge < -0.3 is 11.1 Å². The first kappa shape index (κ1) is 13.7. The van der Waals surface area contributed by atoms with E-state index in [1.807, 2.05) is 0 Å². The Morgan fingerprint density at radius 2 is 2.21 bits per heavy atom. The molecule has 0 aliphatic heterocycles. The number of thiol groups is 1. The number of amides is 1. The molecule has 1 atom stereocenters. The number of rotatable bonds is 6. The average molecular weight is 243 g/mol. The summed E-state index contributed by atoms with van der Waals surface area (Å²) in [6.45, 7) is 0.167. The molecule has 0 aliphatic rings. The van der Waals surface area contributed by atoms with Crippen molar-refractivity contribution in [2.45, 2.75) is 12.5 Å². The molecule has 8 heteroatoms. The van der Waals surface area contributed by atoms with Crippen LogP contribution in [-0.2, 0) is 14.9 Å². The van der Waals surface area contributed by atoms with Crippen LogP contribution in [-0.4, -0.2) is 43.0 Å². The van der Waals surface area contributed by atoms with Crippen LogP contribution in [0.1, 0.15) is 6.42 Å². The van der Waals surface area contributed by atoms with Crippen molar-refractivity contribution >= 4 is 28.7 Å². The molecule has 0 bridgehead atoms. The molecule has 0 aromatic rings. The first-order valence-corrected chi connectivity index (χ1v) is 6.20. The Labute approximate surface area is 88.4 Å². The Morgan fingerprint density at radius 3 is 2.64 bits per heavy atom. The van der Waals surface area contributed by atoms with E-state index in [4.69, 9.17) is 10.3 Å². The van der Waals surface area contributed by atoms with E-state index in [-0.39, 0.29) is 30.4 Å². The zero-order valence-corrected chi connectivity index (χ0v) is 9.22. The monoisotopic (exact) mass is 243 g/mol. The quantitative estimate of drug-likeness (QED) is 0.262. The van der Waals surface area contributed by atoms with Gasteiger partial charge in [-0.05, 0) is 6.42 Å². The summed E-state index contributed by atoms with van der Waals surface area (Å²) in [5, 5.41) is 2.42. The predicted octanol–water partition coefficient (Wildman–Crippen LogP) is -1.36. The van der Waals surface area contributed by atoms with Crippen molar-refractivity contribution < 1.29 is 17.8 Å². The fourth-order valence-corrected chi connectivity index (χ4v) is 1.36. The minimum Gasteiger partial charge on any atom is -0.355 e. The highest BCUT2D eigenvalue weighted by Crippen LogP contribution is 1.88. The lowest BCUT2D eigenvalue weighted by Gasteiger charge is -2.08. The SMILES string of the molecule is N[C@@H](CS)C(=[17O])NCCCS(=O)(=O)O. The van der Waals surface area contributed by atoms with Gasteiger partial charge in [-0.3, -0.25) is 9.35 Å². The van der Waals surface area contributed by atoms with Crippen LogP contribution in [0.4, 0.5) is 0 Å². The van der Waals surface area contributed by atoms with Gasteiger partial charge >= 0.3 is 0 Å². The normalized spacial score (nSPS) is 13.6. The number of hydrogen-bond acceptors (Lipinski definition) is 5. The van der Waals surface area contributed by atoms with Gasteiger partial charge in [-0.25, -0.2) is 0 Å². The van der Waals surface area contributed by atoms with Crippen LogP contribution in [0.15, 0.2) is 0 Å². The molecule has 6 nitrogen and oxygen atoms in total. The molecule has 0 saturated carbocycles. The number of carbonyl (C=O) groups is 1. The lowest BCUT2D eigenvalue weighted by Crippen LogP contribution is -2.42. The van der Waals surface area contributed by atoms with E-state index in [1.165, 1.54) is 0 Å². The van der Waals surface area contributed by atoms with Crippen LogP contribution in [0, 0.1) is 0 Å². The van der Waals surface area contributed by atoms with Crippen molar-refractivity contribution in [3.63, 3.8) is 0 Å². The molecular formula is C6H14N2O4S2. The van der Waals surface area contributed by atoms with Gasteiger partial charge in [0.2, 0.25) is 5.91 Å². The van der Waals surface area contributed by atoms with Crippen molar-refractivity contribution in [1.29, 1.82) is 0 Å². The summed E-state index contributed by atoms with van der Waals surface area (Å²) in [7, 11) is -3.95. The lowest BCUT2D eigenvalue weighted by atomic mass is 10.3. The number of nitrogens with two attached hydrogens (primary N) is 1. The third-order valence-electron chi connectivity index (χ3n) is 1.41. The summed E-state index contributed by atoms with van der Waals surface area (Å²) in [4.78, 5) is 11.0. The van der Waals surface area contributed by atoms with Crippen LogP contribution >= 0.6 is 12.6 Å². The predicted molar refractivity (Wildman–Crippen MR) is 55.9 cm³/mol. The molecule has 0 spiro atoms. The first-order valence-electron chi connectivity index (χ1n) is 3.96. The molecule has 0 aromatic heterocycles. The minimum absolute atomic E-state index is 0.157. The van der Waals surface area contributed by atoms with Crippen LogP contribution in [0.25, 0.3) is 0 Å². The molecule has 0 rings (SSSR count). The van der Waals surface area contributed by atoms with Crippen molar-refractivity contribution in [2.75, 3.05) is 18.1 Å². The number of hydrogen-bond donors (Lipinski definition) is 4. The van der Waals surface area contributed by atoms with Crippen molar-refractivity contribution in [3.8, 4) is 0 Å². The molecular weight excluding hydrogens is 229 g/mol. The standard InChI is InChI=1S/C6H14N2O4S2/c7-5(4-13)6(9)8-2-1-3-14(10,11)12/h5,13H,1-4,7H2,(H,8,9)(H,10,11,12)/t5-/m0/s1/i9+1. The smallest absolute Gasteiger partial charge is 0.264 e. The second kappa shape index (κ2) is 6.23. The molecule has 0 saturated heterocycles. The highest BCUT2D eigenvalue weighted by atomic mass is 32.2. The highest BCUT2D eigenvalue weighted by Gasteiger charge is 2.10.